The third kappa shape index (κ3) is 4.44. The largest absolute Gasteiger partial charge is 0.573 e. The van der Waals surface area contributed by atoms with Gasteiger partial charge in [0.25, 0.3) is 0 Å². The maximum absolute atomic E-state index is 12.2. The molecule has 1 saturated heterocycles. The topological polar surface area (TPSA) is 51.5 Å². The Bertz CT molecular complexity index is 612. The molecule has 3 rings (SSSR count). The van der Waals surface area contributed by atoms with Crippen molar-refractivity contribution in [3.63, 3.8) is 0 Å². The van der Waals surface area contributed by atoms with Crippen molar-refractivity contribution in [3.05, 3.63) is 29.8 Å². The standard InChI is InChI=1S/C18H20F3NO3/c19-18(20,21)25-15-6-4-14(5-7-15)17(12-22)9-13(10-17)11-24-16-3-1-2-8-23-16/h4-7,13,16H,1-3,8-11H2. The molecule has 0 spiro atoms. The summed E-state index contributed by atoms with van der Waals surface area (Å²) in [6.07, 6.45) is -0.528. The summed E-state index contributed by atoms with van der Waals surface area (Å²) in [4.78, 5) is 0. The van der Waals surface area contributed by atoms with E-state index >= 15 is 0 Å². The second kappa shape index (κ2) is 7.22. The highest BCUT2D eigenvalue weighted by Crippen LogP contribution is 2.48. The molecule has 1 unspecified atom stereocenters. The normalized spacial score (nSPS) is 29.5. The summed E-state index contributed by atoms with van der Waals surface area (Å²) in [6.45, 7) is 1.27. The molecule has 1 aliphatic heterocycles. The molecule has 2 aliphatic rings. The molecule has 136 valence electrons. The Morgan fingerprint density at radius 1 is 1.20 bits per heavy atom. The zero-order valence-electron chi connectivity index (χ0n) is 13.7. The van der Waals surface area contributed by atoms with Crippen molar-refractivity contribution in [1.82, 2.24) is 0 Å². The molecule has 0 bridgehead atoms. The predicted molar refractivity (Wildman–Crippen MR) is 82.7 cm³/mol. The van der Waals surface area contributed by atoms with Crippen LogP contribution in [0.2, 0.25) is 0 Å². The first-order valence-electron chi connectivity index (χ1n) is 8.41. The molecular formula is C18H20F3NO3. The van der Waals surface area contributed by atoms with E-state index < -0.39 is 11.8 Å². The first-order chi connectivity index (χ1) is 11.9. The van der Waals surface area contributed by atoms with E-state index in [2.05, 4.69) is 10.8 Å². The number of ether oxygens (including phenoxy) is 3. The van der Waals surface area contributed by atoms with Gasteiger partial charge in [0.1, 0.15) is 5.75 Å². The SMILES string of the molecule is N#CC1(c2ccc(OC(F)(F)F)cc2)CC(COC2CCCCO2)C1. The Hall–Kier alpha value is -1.78. The monoisotopic (exact) mass is 355 g/mol. The van der Waals surface area contributed by atoms with Crippen LogP contribution < -0.4 is 4.74 Å². The molecule has 25 heavy (non-hydrogen) atoms. The second-order valence-corrected chi connectivity index (χ2v) is 6.67. The Morgan fingerprint density at radius 2 is 1.92 bits per heavy atom. The van der Waals surface area contributed by atoms with Crippen molar-refractivity contribution in [3.8, 4) is 11.8 Å². The van der Waals surface area contributed by atoms with Crippen molar-refractivity contribution in [2.45, 2.75) is 50.2 Å². The third-order valence-corrected chi connectivity index (χ3v) is 4.78. The van der Waals surface area contributed by atoms with Crippen LogP contribution in [0.5, 0.6) is 5.75 Å². The summed E-state index contributed by atoms with van der Waals surface area (Å²) in [5.41, 5.74) is 0.0628. The van der Waals surface area contributed by atoms with E-state index in [0.717, 1.165) is 31.4 Å². The molecule has 1 aromatic rings. The van der Waals surface area contributed by atoms with Gasteiger partial charge in [-0.2, -0.15) is 5.26 Å². The van der Waals surface area contributed by atoms with Crippen LogP contribution in [0.3, 0.4) is 0 Å². The number of halogens is 3. The maximum atomic E-state index is 12.2. The lowest BCUT2D eigenvalue weighted by Crippen LogP contribution is -2.42. The zero-order chi connectivity index (χ0) is 17.9. The van der Waals surface area contributed by atoms with E-state index in [1.807, 2.05) is 0 Å². The number of rotatable bonds is 5. The van der Waals surface area contributed by atoms with Crippen molar-refractivity contribution in [1.29, 1.82) is 5.26 Å². The Morgan fingerprint density at radius 3 is 2.48 bits per heavy atom. The van der Waals surface area contributed by atoms with Crippen LogP contribution in [0.4, 0.5) is 13.2 Å². The van der Waals surface area contributed by atoms with Gasteiger partial charge in [0, 0.05) is 6.61 Å². The maximum Gasteiger partial charge on any atom is 0.573 e. The fraction of sp³-hybridized carbons (Fsp3) is 0.611. The zero-order valence-corrected chi connectivity index (χ0v) is 13.7. The van der Waals surface area contributed by atoms with Gasteiger partial charge in [0.15, 0.2) is 6.29 Å². The molecule has 1 heterocycles. The highest BCUT2D eigenvalue weighted by Gasteiger charge is 2.46. The number of alkyl halides is 3. The van der Waals surface area contributed by atoms with E-state index in [9.17, 15) is 18.4 Å². The predicted octanol–water partition coefficient (Wildman–Crippen LogP) is 4.30. The number of hydrogen-bond acceptors (Lipinski definition) is 4. The van der Waals surface area contributed by atoms with Crippen LogP contribution in [0.25, 0.3) is 0 Å². The molecule has 7 heteroatoms. The first-order valence-corrected chi connectivity index (χ1v) is 8.41. The van der Waals surface area contributed by atoms with Gasteiger partial charge in [-0.15, -0.1) is 13.2 Å². The number of nitrogens with zero attached hydrogens (tertiary/aromatic N) is 1. The highest BCUT2D eigenvalue weighted by molar-refractivity contribution is 5.39. The van der Waals surface area contributed by atoms with Gasteiger partial charge in [0.05, 0.1) is 18.1 Å². The van der Waals surface area contributed by atoms with E-state index in [4.69, 9.17) is 9.47 Å². The number of nitriles is 1. The molecule has 0 amide bonds. The van der Waals surface area contributed by atoms with Gasteiger partial charge in [-0.1, -0.05) is 12.1 Å². The molecule has 0 aromatic heterocycles. The van der Waals surface area contributed by atoms with Gasteiger partial charge in [-0.3, -0.25) is 0 Å². The van der Waals surface area contributed by atoms with Crippen LogP contribution in [0, 0.1) is 17.2 Å². The number of benzene rings is 1. The van der Waals surface area contributed by atoms with Crippen molar-refractivity contribution < 1.29 is 27.4 Å². The number of hydrogen-bond donors (Lipinski definition) is 0. The second-order valence-electron chi connectivity index (χ2n) is 6.67. The first kappa shape index (κ1) is 18.0. The minimum Gasteiger partial charge on any atom is -0.406 e. The summed E-state index contributed by atoms with van der Waals surface area (Å²) in [5.74, 6) is -0.0192. The molecule has 4 nitrogen and oxygen atoms in total. The minimum atomic E-state index is -4.71. The summed E-state index contributed by atoms with van der Waals surface area (Å²) < 4.78 is 51.8. The fourth-order valence-electron chi connectivity index (χ4n) is 3.50. The van der Waals surface area contributed by atoms with Gasteiger partial charge in [0.2, 0.25) is 0 Å². The Balaban J connectivity index is 1.53. The van der Waals surface area contributed by atoms with Gasteiger partial charge in [-0.05, 0) is 55.7 Å². The fourth-order valence-corrected chi connectivity index (χ4v) is 3.50. The van der Waals surface area contributed by atoms with Crippen LogP contribution in [-0.4, -0.2) is 25.9 Å². The molecular weight excluding hydrogens is 335 g/mol. The lowest BCUT2D eigenvalue weighted by Gasteiger charge is -2.43. The van der Waals surface area contributed by atoms with Crippen molar-refractivity contribution in [2.24, 2.45) is 5.92 Å². The molecule has 0 radical (unpaired) electrons. The average molecular weight is 355 g/mol. The molecule has 1 atom stereocenters. The highest BCUT2D eigenvalue weighted by atomic mass is 19.4. The van der Waals surface area contributed by atoms with E-state index in [-0.39, 0.29) is 18.0 Å². The molecule has 0 N–H and O–H groups in total. The van der Waals surface area contributed by atoms with E-state index in [1.165, 1.54) is 24.3 Å². The van der Waals surface area contributed by atoms with Gasteiger partial charge >= 0.3 is 6.36 Å². The Labute approximate surface area is 144 Å². The van der Waals surface area contributed by atoms with Crippen molar-refractivity contribution >= 4 is 0 Å². The van der Waals surface area contributed by atoms with Gasteiger partial charge < -0.3 is 14.2 Å². The van der Waals surface area contributed by atoms with E-state index in [0.29, 0.717) is 19.4 Å². The molecule has 2 fully saturated rings. The summed E-state index contributed by atoms with van der Waals surface area (Å²) >= 11 is 0. The summed E-state index contributed by atoms with van der Waals surface area (Å²) in [7, 11) is 0. The smallest absolute Gasteiger partial charge is 0.406 e. The summed E-state index contributed by atoms with van der Waals surface area (Å²) in [5, 5.41) is 9.55. The lowest BCUT2D eigenvalue weighted by atomic mass is 9.59. The molecule has 1 aromatic carbocycles. The third-order valence-electron chi connectivity index (χ3n) is 4.78. The van der Waals surface area contributed by atoms with Crippen molar-refractivity contribution in [2.75, 3.05) is 13.2 Å². The lowest BCUT2D eigenvalue weighted by molar-refractivity contribution is -0.274. The molecule has 1 saturated carbocycles. The van der Waals surface area contributed by atoms with Crippen LogP contribution in [-0.2, 0) is 14.9 Å². The molecule has 1 aliphatic carbocycles. The minimum absolute atomic E-state index is 0.148. The quantitative estimate of drug-likeness (QED) is 0.790. The van der Waals surface area contributed by atoms with Crippen LogP contribution in [0.1, 0.15) is 37.7 Å². The van der Waals surface area contributed by atoms with E-state index in [1.54, 1.807) is 0 Å². The average Bonchev–Trinajstić information content (AvgIpc) is 2.55. The summed E-state index contributed by atoms with van der Waals surface area (Å²) in [6, 6.07) is 7.89. The Kier molecular flexibility index (Phi) is 5.21. The van der Waals surface area contributed by atoms with Crippen LogP contribution in [0.15, 0.2) is 24.3 Å². The van der Waals surface area contributed by atoms with Gasteiger partial charge in [-0.25, -0.2) is 0 Å². The van der Waals surface area contributed by atoms with Crippen LogP contribution >= 0.6 is 0 Å².